The Bertz CT molecular complexity index is 311. The standard InChI is InChI=1S/2C2H6O5S.Co/c2*3-1-2-7-8(4,5)6;/h2*3H,1-2H2,(H,4,5,6);/q;;+2/p-2. The van der Waals surface area contributed by atoms with Gasteiger partial charge in [0.2, 0.25) is 20.8 Å². The summed E-state index contributed by atoms with van der Waals surface area (Å²) >= 11 is 0. The molecule has 0 saturated heterocycles. The molecule has 0 aromatic heterocycles. The monoisotopic (exact) mass is 341 g/mol. The van der Waals surface area contributed by atoms with Crippen LogP contribution in [-0.4, -0.2) is 62.6 Å². The molecule has 107 valence electrons. The maximum atomic E-state index is 9.50. The van der Waals surface area contributed by atoms with Crippen LogP contribution in [0.5, 0.6) is 0 Å². The molecule has 0 amide bonds. The second-order valence-electron chi connectivity index (χ2n) is 1.91. The SMILES string of the molecule is O=S(=O)([O-])OCCO.O=S(=O)([O-])OCCO.[Co+2]. The first-order valence-corrected chi connectivity index (χ1v) is 6.21. The van der Waals surface area contributed by atoms with Crippen molar-refractivity contribution >= 4 is 20.8 Å². The number of hydrogen-bond acceptors (Lipinski definition) is 10. The van der Waals surface area contributed by atoms with Gasteiger partial charge in [0.1, 0.15) is 0 Å². The topological polar surface area (TPSA) is 173 Å². The molecule has 0 unspecified atom stereocenters. The van der Waals surface area contributed by atoms with E-state index in [1.807, 2.05) is 0 Å². The van der Waals surface area contributed by atoms with Crippen molar-refractivity contribution in [3.05, 3.63) is 0 Å². The molecular weight excluding hydrogens is 331 g/mol. The molecule has 1 radical (unpaired) electrons. The Hall–Kier alpha value is 0.166. The van der Waals surface area contributed by atoms with Crippen LogP contribution in [0.1, 0.15) is 0 Å². The molecule has 0 aliphatic rings. The fourth-order valence-electron chi connectivity index (χ4n) is 0.279. The summed E-state index contributed by atoms with van der Waals surface area (Å²) in [6.45, 7) is -1.87. The van der Waals surface area contributed by atoms with Crippen LogP contribution >= 0.6 is 0 Å². The smallest absolute Gasteiger partial charge is 0.726 e. The van der Waals surface area contributed by atoms with Crippen molar-refractivity contribution in [2.24, 2.45) is 0 Å². The zero-order valence-electron chi connectivity index (χ0n) is 8.14. The van der Waals surface area contributed by atoms with E-state index >= 15 is 0 Å². The van der Waals surface area contributed by atoms with Crippen molar-refractivity contribution in [1.29, 1.82) is 0 Å². The largest absolute Gasteiger partial charge is 2.00 e. The normalized spacial score (nSPS) is 11.1. The van der Waals surface area contributed by atoms with Gasteiger partial charge in [-0.25, -0.2) is 16.8 Å². The van der Waals surface area contributed by atoms with Gasteiger partial charge in [-0.3, -0.25) is 8.37 Å². The number of rotatable bonds is 6. The van der Waals surface area contributed by atoms with Crippen LogP contribution in [0.15, 0.2) is 0 Å². The van der Waals surface area contributed by atoms with E-state index in [9.17, 15) is 25.9 Å². The summed E-state index contributed by atoms with van der Waals surface area (Å²) in [6, 6.07) is 0. The molecule has 0 rings (SSSR count). The summed E-state index contributed by atoms with van der Waals surface area (Å²) in [4.78, 5) is 0. The van der Waals surface area contributed by atoms with Crippen molar-refractivity contribution in [3.63, 3.8) is 0 Å². The molecule has 0 aromatic carbocycles. The van der Waals surface area contributed by atoms with Crippen molar-refractivity contribution < 1.29 is 61.3 Å². The molecule has 13 heteroatoms. The fraction of sp³-hybridized carbons (Fsp3) is 1.00. The summed E-state index contributed by atoms with van der Waals surface area (Å²) in [5.74, 6) is 0. The Kier molecular flexibility index (Phi) is 14.8. The molecular formula is C4H10CoO10S2. The summed E-state index contributed by atoms with van der Waals surface area (Å²) in [6.07, 6.45) is 0. The number of aliphatic hydroxyl groups excluding tert-OH is 2. The maximum absolute atomic E-state index is 9.50. The predicted molar refractivity (Wildman–Crippen MR) is 45.5 cm³/mol. The molecule has 0 heterocycles. The molecule has 0 spiro atoms. The van der Waals surface area contributed by atoms with E-state index in [1.54, 1.807) is 0 Å². The zero-order valence-corrected chi connectivity index (χ0v) is 10.8. The van der Waals surface area contributed by atoms with Gasteiger partial charge in [-0.15, -0.1) is 0 Å². The van der Waals surface area contributed by atoms with Crippen molar-refractivity contribution in [2.75, 3.05) is 26.4 Å². The molecule has 0 atom stereocenters. The van der Waals surface area contributed by atoms with Crippen molar-refractivity contribution in [3.8, 4) is 0 Å². The maximum Gasteiger partial charge on any atom is 2.00 e. The molecule has 0 aromatic rings. The van der Waals surface area contributed by atoms with Crippen molar-refractivity contribution in [2.45, 2.75) is 0 Å². The third kappa shape index (κ3) is 31.4. The van der Waals surface area contributed by atoms with Gasteiger partial charge in [-0.2, -0.15) is 0 Å². The molecule has 0 bridgehead atoms. The van der Waals surface area contributed by atoms with Crippen LogP contribution in [0.25, 0.3) is 0 Å². The van der Waals surface area contributed by atoms with Crippen molar-refractivity contribution in [1.82, 2.24) is 0 Å². The Morgan fingerprint density at radius 2 is 1.06 bits per heavy atom. The number of hydrogen-bond donors (Lipinski definition) is 2. The van der Waals surface area contributed by atoms with E-state index in [4.69, 9.17) is 10.2 Å². The van der Waals surface area contributed by atoms with Crippen LogP contribution in [0.3, 0.4) is 0 Å². The third-order valence-electron chi connectivity index (χ3n) is 0.638. The third-order valence-corrected chi connectivity index (χ3v) is 1.55. The second-order valence-corrected chi connectivity index (χ2v) is 4.01. The van der Waals surface area contributed by atoms with E-state index in [0.717, 1.165) is 0 Å². The molecule has 10 nitrogen and oxygen atoms in total. The van der Waals surface area contributed by atoms with Crippen LogP contribution in [0, 0.1) is 0 Å². The van der Waals surface area contributed by atoms with Crippen LogP contribution in [-0.2, 0) is 45.9 Å². The van der Waals surface area contributed by atoms with Gasteiger partial charge in [0, 0.05) is 0 Å². The van der Waals surface area contributed by atoms with E-state index in [1.165, 1.54) is 0 Å². The Morgan fingerprint density at radius 1 is 0.824 bits per heavy atom. The molecule has 2 N–H and O–H groups in total. The molecule has 17 heavy (non-hydrogen) atoms. The minimum absolute atomic E-state index is 0. The van der Waals surface area contributed by atoms with E-state index < -0.39 is 47.2 Å². The molecule has 0 saturated carbocycles. The molecule has 0 fully saturated rings. The average molecular weight is 341 g/mol. The van der Waals surface area contributed by atoms with Gasteiger partial charge < -0.3 is 19.3 Å². The first-order valence-electron chi connectivity index (χ1n) is 3.54. The predicted octanol–water partition coefficient (Wildman–Crippen LogP) is -3.09. The van der Waals surface area contributed by atoms with E-state index in [0.29, 0.717) is 0 Å². The second kappa shape index (κ2) is 11.3. The first-order chi connectivity index (χ1) is 7.12. The van der Waals surface area contributed by atoms with Crippen LogP contribution < -0.4 is 0 Å². The number of aliphatic hydroxyl groups is 2. The van der Waals surface area contributed by atoms with Gasteiger partial charge in [-0.05, 0) is 0 Å². The minimum Gasteiger partial charge on any atom is -0.726 e. The van der Waals surface area contributed by atoms with Gasteiger partial charge >= 0.3 is 16.8 Å². The van der Waals surface area contributed by atoms with Crippen LogP contribution in [0.2, 0.25) is 0 Å². The zero-order chi connectivity index (χ0) is 13.2. The summed E-state index contributed by atoms with van der Waals surface area (Å²) in [5, 5.41) is 15.8. The average Bonchev–Trinajstić information content (AvgIpc) is 2.10. The van der Waals surface area contributed by atoms with Crippen LogP contribution in [0.4, 0.5) is 0 Å². The fourth-order valence-corrected chi connectivity index (χ4v) is 0.836. The molecule has 0 aliphatic heterocycles. The van der Waals surface area contributed by atoms with Gasteiger partial charge in [0.25, 0.3) is 0 Å². The first kappa shape index (κ1) is 22.4. The minimum atomic E-state index is -4.60. The summed E-state index contributed by atoms with van der Waals surface area (Å²) in [5.41, 5.74) is 0. The molecule has 0 aliphatic carbocycles. The Balaban J connectivity index is -0.000000218. The summed E-state index contributed by atoms with van der Waals surface area (Å²) < 4.78 is 64.1. The van der Waals surface area contributed by atoms with E-state index in [2.05, 4.69) is 8.37 Å². The van der Waals surface area contributed by atoms with Gasteiger partial charge in [0.15, 0.2) is 0 Å². The van der Waals surface area contributed by atoms with Gasteiger partial charge in [0.05, 0.1) is 26.4 Å². The Morgan fingerprint density at radius 3 is 1.12 bits per heavy atom. The quantitative estimate of drug-likeness (QED) is 0.372. The summed E-state index contributed by atoms with van der Waals surface area (Å²) in [7, 11) is -9.19. The Labute approximate surface area is 109 Å². The van der Waals surface area contributed by atoms with Gasteiger partial charge in [-0.1, -0.05) is 0 Å². The van der Waals surface area contributed by atoms with E-state index in [-0.39, 0.29) is 16.8 Å².